The van der Waals surface area contributed by atoms with Crippen LogP contribution >= 0.6 is 0 Å². The zero-order chi connectivity index (χ0) is 13.3. The fraction of sp³-hybridized carbons (Fsp3) is 0.429. The number of nitrogens with one attached hydrogen (secondary N) is 1. The average molecular weight is 260 g/mol. The van der Waals surface area contributed by atoms with Gasteiger partial charge in [0.1, 0.15) is 5.75 Å². The Bertz CT molecular complexity index is 453. The topological polar surface area (TPSA) is 52.0 Å². The number of pyridine rings is 1. The van der Waals surface area contributed by atoms with Gasteiger partial charge in [-0.2, -0.15) is 0 Å². The largest absolute Gasteiger partial charge is 0.492 e. The zero-order valence-electron chi connectivity index (χ0n) is 11.2. The van der Waals surface area contributed by atoms with E-state index in [4.69, 9.17) is 4.74 Å². The summed E-state index contributed by atoms with van der Waals surface area (Å²) in [7, 11) is 0. The fourth-order valence-corrected chi connectivity index (χ4v) is 1.71. The van der Waals surface area contributed by atoms with Gasteiger partial charge in [0.15, 0.2) is 0 Å². The molecule has 2 aromatic rings. The molecule has 0 bridgehead atoms. The van der Waals surface area contributed by atoms with Crippen LogP contribution in [-0.2, 0) is 13.1 Å². The minimum Gasteiger partial charge on any atom is -0.492 e. The van der Waals surface area contributed by atoms with Crippen LogP contribution in [0.4, 0.5) is 0 Å². The van der Waals surface area contributed by atoms with Crippen molar-refractivity contribution < 1.29 is 4.74 Å². The highest BCUT2D eigenvalue weighted by atomic mass is 16.5. The summed E-state index contributed by atoms with van der Waals surface area (Å²) >= 11 is 0. The van der Waals surface area contributed by atoms with Gasteiger partial charge in [-0.1, -0.05) is 6.92 Å². The number of aryl methyl sites for hydroxylation is 1. The van der Waals surface area contributed by atoms with Gasteiger partial charge in [-0.25, -0.2) is 4.98 Å². The number of rotatable bonds is 8. The number of imidazole rings is 1. The molecule has 0 aliphatic heterocycles. The maximum Gasteiger partial charge on any atom is 0.137 e. The van der Waals surface area contributed by atoms with Gasteiger partial charge < -0.3 is 14.6 Å². The van der Waals surface area contributed by atoms with E-state index in [1.165, 1.54) is 0 Å². The maximum absolute atomic E-state index is 5.65. The van der Waals surface area contributed by atoms with Gasteiger partial charge in [-0.3, -0.25) is 4.98 Å². The molecule has 0 aromatic carbocycles. The van der Waals surface area contributed by atoms with Crippen LogP contribution in [0.15, 0.2) is 37.1 Å². The van der Waals surface area contributed by atoms with Crippen molar-refractivity contribution >= 4 is 0 Å². The summed E-state index contributed by atoms with van der Waals surface area (Å²) in [6.07, 6.45) is 8.29. The quantitative estimate of drug-likeness (QED) is 0.736. The van der Waals surface area contributed by atoms with Crippen molar-refractivity contribution in [3.8, 4) is 5.75 Å². The first-order valence-electron chi connectivity index (χ1n) is 6.62. The lowest BCUT2D eigenvalue weighted by molar-refractivity contribution is 0.300. The highest BCUT2D eigenvalue weighted by molar-refractivity contribution is 5.19. The van der Waals surface area contributed by atoms with E-state index in [0.29, 0.717) is 6.61 Å². The molecule has 0 fully saturated rings. The predicted molar refractivity (Wildman–Crippen MR) is 74.0 cm³/mol. The Morgan fingerprint density at radius 2 is 2.32 bits per heavy atom. The van der Waals surface area contributed by atoms with Crippen LogP contribution in [0, 0.1) is 0 Å². The van der Waals surface area contributed by atoms with E-state index in [1.54, 1.807) is 12.4 Å². The minimum absolute atomic E-state index is 0.687. The van der Waals surface area contributed by atoms with Gasteiger partial charge in [0.25, 0.3) is 0 Å². The Kier molecular flexibility index (Phi) is 5.37. The Balaban J connectivity index is 1.68. The van der Waals surface area contributed by atoms with Gasteiger partial charge >= 0.3 is 0 Å². The number of hydrogen-bond acceptors (Lipinski definition) is 4. The van der Waals surface area contributed by atoms with Gasteiger partial charge in [0.2, 0.25) is 0 Å². The van der Waals surface area contributed by atoms with E-state index in [2.05, 4.69) is 22.2 Å². The van der Waals surface area contributed by atoms with E-state index in [9.17, 15) is 0 Å². The Hall–Kier alpha value is -1.88. The number of hydrogen-bond donors (Lipinski definition) is 1. The lowest BCUT2D eigenvalue weighted by Gasteiger charge is -2.07. The van der Waals surface area contributed by atoms with Gasteiger partial charge in [0.05, 0.1) is 24.8 Å². The van der Waals surface area contributed by atoms with Crippen LogP contribution in [-0.4, -0.2) is 27.7 Å². The van der Waals surface area contributed by atoms with Crippen LogP contribution in [0.3, 0.4) is 0 Å². The molecule has 0 saturated heterocycles. The molecule has 5 nitrogen and oxygen atoms in total. The van der Waals surface area contributed by atoms with E-state index < -0.39 is 0 Å². The van der Waals surface area contributed by atoms with E-state index in [1.807, 2.05) is 29.2 Å². The Morgan fingerprint density at radius 1 is 1.37 bits per heavy atom. The van der Waals surface area contributed by atoms with Gasteiger partial charge in [-0.15, -0.1) is 0 Å². The van der Waals surface area contributed by atoms with Crippen molar-refractivity contribution in [1.82, 2.24) is 19.9 Å². The third-order valence-electron chi connectivity index (χ3n) is 2.74. The standard InChI is InChI=1S/C14H20N4O/c1-2-15-10-13-4-5-14(11-17-13)19-9-3-7-18-8-6-16-12-18/h4-6,8,11-12,15H,2-3,7,9-10H2,1H3. The normalized spacial score (nSPS) is 10.6. The van der Waals surface area contributed by atoms with Crippen LogP contribution < -0.4 is 10.1 Å². The molecule has 5 heteroatoms. The van der Waals surface area contributed by atoms with E-state index in [0.717, 1.165) is 37.5 Å². The molecule has 0 radical (unpaired) electrons. The number of aromatic nitrogens is 3. The van der Waals surface area contributed by atoms with Gasteiger partial charge in [-0.05, 0) is 25.1 Å². The molecule has 0 spiro atoms. The van der Waals surface area contributed by atoms with Crippen molar-refractivity contribution in [3.63, 3.8) is 0 Å². The summed E-state index contributed by atoms with van der Waals surface area (Å²) in [5.41, 5.74) is 1.03. The fourth-order valence-electron chi connectivity index (χ4n) is 1.71. The molecule has 0 atom stereocenters. The first-order valence-corrected chi connectivity index (χ1v) is 6.62. The lowest BCUT2D eigenvalue weighted by Crippen LogP contribution is -2.12. The summed E-state index contributed by atoms with van der Waals surface area (Å²) in [4.78, 5) is 8.34. The van der Waals surface area contributed by atoms with Crippen LogP contribution in [0.1, 0.15) is 19.0 Å². The molecule has 0 unspecified atom stereocenters. The molecule has 2 heterocycles. The van der Waals surface area contributed by atoms with Crippen LogP contribution in [0.5, 0.6) is 5.75 Å². The molecule has 0 aliphatic carbocycles. The summed E-state index contributed by atoms with van der Waals surface area (Å²) in [6, 6.07) is 3.96. The zero-order valence-corrected chi connectivity index (χ0v) is 11.2. The molecule has 2 rings (SSSR count). The molecule has 0 aliphatic rings. The lowest BCUT2D eigenvalue weighted by atomic mass is 10.3. The summed E-state index contributed by atoms with van der Waals surface area (Å²) < 4.78 is 7.69. The van der Waals surface area contributed by atoms with Crippen molar-refractivity contribution in [2.75, 3.05) is 13.2 Å². The second-order valence-electron chi connectivity index (χ2n) is 4.27. The van der Waals surface area contributed by atoms with Crippen LogP contribution in [0.25, 0.3) is 0 Å². The number of nitrogens with zero attached hydrogens (tertiary/aromatic N) is 3. The predicted octanol–water partition coefficient (Wildman–Crippen LogP) is 1.86. The summed E-state index contributed by atoms with van der Waals surface area (Å²) in [5, 5.41) is 3.24. The summed E-state index contributed by atoms with van der Waals surface area (Å²) in [6.45, 7) is 5.45. The SMILES string of the molecule is CCNCc1ccc(OCCCn2ccnc2)cn1. The van der Waals surface area contributed by atoms with E-state index >= 15 is 0 Å². The average Bonchev–Trinajstić information content (AvgIpc) is 2.96. The van der Waals surface area contributed by atoms with Crippen molar-refractivity contribution in [1.29, 1.82) is 0 Å². The Morgan fingerprint density at radius 3 is 3.00 bits per heavy atom. The van der Waals surface area contributed by atoms with Crippen LogP contribution in [0.2, 0.25) is 0 Å². The molecule has 0 amide bonds. The Labute approximate surface area is 113 Å². The summed E-state index contributed by atoms with van der Waals surface area (Å²) in [5.74, 6) is 0.825. The molecule has 2 aromatic heterocycles. The maximum atomic E-state index is 5.65. The van der Waals surface area contributed by atoms with Gasteiger partial charge in [0, 0.05) is 25.5 Å². The second kappa shape index (κ2) is 7.53. The third-order valence-corrected chi connectivity index (χ3v) is 2.74. The first-order chi connectivity index (χ1) is 9.38. The second-order valence-corrected chi connectivity index (χ2v) is 4.27. The van der Waals surface area contributed by atoms with Crippen molar-refractivity contribution in [3.05, 3.63) is 42.7 Å². The molecule has 19 heavy (non-hydrogen) atoms. The smallest absolute Gasteiger partial charge is 0.137 e. The minimum atomic E-state index is 0.687. The number of ether oxygens (including phenoxy) is 1. The van der Waals surface area contributed by atoms with Crippen molar-refractivity contribution in [2.24, 2.45) is 0 Å². The highest BCUT2D eigenvalue weighted by Gasteiger charge is 1.97. The molecule has 0 saturated carbocycles. The first kappa shape index (κ1) is 13.5. The molecule has 1 N–H and O–H groups in total. The van der Waals surface area contributed by atoms with E-state index in [-0.39, 0.29) is 0 Å². The van der Waals surface area contributed by atoms with Crippen molar-refractivity contribution in [2.45, 2.75) is 26.4 Å². The molecular weight excluding hydrogens is 240 g/mol. The molecular formula is C14H20N4O. The molecule has 102 valence electrons. The third kappa shape index (κ3) is 4.71. The highest BCUT2D eigenvalue weighted by Crippen LogP contribution is 2.09. The monoisotopic (exact) mass is 260 g/mol.